The molecule has 29 heavy (non-hydrogen) atoms. The van der Waals surface area contributed by atoms with Crippen LogP contribution in [0.5, 0.6) is 0 Å². The van der Waals surface area contributed by atoms with Crippen LogP contribution in [0.15, 0.2) is 90.0 Å². The molecule has 0 N–H and O–H groups in total. The molecule has 0 atom stereocenters. The van der Waals surface area contributed by atoms with Crippen LogP contribution in [0.4, 0.5) is 4.39 Å². The normalized spacial score (nSPS) is 11.2. The van der Waals surface area contributed by atoms with Gasteiger partial charge in [-0.3, -0.25) is 9.78 Å². The van der Waals surface area contributed by atoms with E-state index in [-0.39, 0.29) is 17.9 Å². The van der Waals surface area contributed by atoms with Crippen molar-refractivity contribution in [3.8, 4) is 11.1 Å². The van der Waals surface area contributed by atoms with Crippen LogP contribution in [0.3, 0.4) is 0 Å². The highest BCUT2D eigenvalue weighted by Gasteiger charge is 2.10. The van der Waals surface area contributed by atoms with Gasteiger partial charge in [-0.25, -0.2) is 9.37 Å². The van der Waals surface area contributed by atoms with Crippen molar-refractivity contribution in [2.45, 2.75) is 6.54 Å². The van der Waals surface area contributed by atoms with Crippen molar-refractivity contribution in [1.82, 2.24) is 14.5 Å². The molecule has 2 aromatic heterocycles. The minimum Gasteiger partial charge on any atom is -0.301 e. The number of pyridine rings is 1. The fourth-order valence-corrected chi connectivity index (χ4v) is 3.56. The van der Waals surface area contributed by atoms with Gasteiger partial charge in [-0.2, -0.15) is 0 Å². The van der Waals surface area contributed by atoms with Crippen LogP contribution in [0, 0.1) is 5.82 Å². The fourth-order valence-electron chi connectivity index (χ4n) is 3.56. The second-order valence-corrected chi connectivity index (χ2v) is 6.89. The molecule has 0 fully saturated rings. The highest BCUT2D eigenvalue weighted by molar-refractivity contribution is 5.84. The average Bonchev–Trinajstić information content (AvgIpc) is 2.76. The summed E-state index contributed by atoms with van der Waals surface area (Å²) in [7, 11) is 0. The van der Waals surface area contributed by atoms with E-state index in [0.29, 0.717) is 16.6 Å². The van der Waals surface area contributed by atoms with Crippen molar-refractivity contribution in [2.75, 3.05) is 0 Å². The van der Waals surface area contributed by atoms with Crippen LogP contribution in [0.1, 0.15) is 5.56 Å². The van der Waals surface area contributed by atoms with Gasteiger partial charge in [0.05, 0.1) is 29.3 Å². The first kappa shape index (κ1) is 17.3. The Kier molecular flexibility index (Phi) is 4.13. The Morgan fingerprint density at radius 3 is 2.55 bits per heavy atom. The number of fused-ring (bicyclic) bond motifs is 2. The Bertz CT molecular complexity index is 1430. The van der Waals surface area contributed by atoms with Crippen LogP contribution < -0.4 is 5.56 Å². The summed E-state index contributed by atoms with van der Waals surface area (Å²) in [5.74, 6) is -0.346. The minimum atomic E-state index is -0.346. The fraction of sp³-hybridized carbons (Fsp3) is 0.0417. The lowest BCUT2D eigenvalue weighted by atomic mass is 10.0. The summed E-state index contributed by atoms with van der Waals surface area (Å²) in [4.78, 5) is 20.8. The van der Waals surface area contributed by atoms with Crippen LogP contribution in [0.2, 0.25) is 0 Å². The highest BCUT2D eigenvalue weighted by atomic mass is 19.1. The van der Waals surface area contributed by atoms with E-state index < -0.39 is 0 Å². The zero-order valence-corrected chi connectivity index (χ0v) is 15.4. The first-order valence-corrected chi connectivity index (χ1v) is 9.27. The van der Waals surface area contributed by atoms with E-state index in [9.17, 15) is 9.18 Å². The maximum absolute atomic E-state index is 14.9. The van der Waals surface area contributed by atoms with Gasteiger partial charge in [-0.1, -0.05) is 36.4 Å². The molecule has 3 aromatic carbocycles. The van der Waals surface area contributed by atoms with E-state index in [0.717, 1.165) is 22.0 Å². The van der Waals surface area contributed by atoms with Crippen molar-refractivity contribution in [3.05, 3.63) is 107 Å². The summed E-state index contributed by atoms with van der Waals surface area (Å²) in [6.07, 6.45) is 3.03. The van der Waals surface area contributed by atoms with E-state index in [1.165, 1.54) is 12.3 Å². The Morgan fingerprint density at radius 2 is 1.66 bits per heavy atom. The summed E-state index contributed by atoms with van der Waals surface area (Å²) < 4.78 is 16.5. The molecule has 0 aliphatic carbocycles. The van der Waals surface area contributed by atoms with Gasteiger partial charge in [-0.15, -0.1) is 0 Å². The number of halogens is 1. The number of para-hydroxylation sites is 2. The third kappa shape index (κ3) is 3.17. The molecule has 0 saturated heterocycles. The van der Waals surface area contributed by atoms with Gasteiger partial charge in [0.1, 0.15) is 5.82 Å². The third-order valence-electron chi connectivity index (χ3n) is 5.07. The Labute approximate surface area is 165 Å². The topological polar surface area (TPSA) is 47.8 Å². The van der Waals surface area contributed by atoms with Gasteiger partial charge in [-0.05, 0) is 47.5 Å². The molecule has 140 valence electrons. The monoisotopic (exact) mass is 381 g/mol. The molecule has 0 radical (unpaired) electrons. The third-order valence-corrected chi connectivity index (χ3v) is 5.07. The number of aromatic nitrogens is 3. The second kappa shape index (κ2) is 6.95. The van der Waals surface area contributed by atoms with Crippen molar-refractivity contribution in [1.29, 1.82) is 0 Å². The van der Waals surface area contributed by atoms with Crippen LogP contribution in [-0.4, -0.2) is 14.5 Å². The lowest BCUT2D eigenvalue weighted by Crippen LogP contribution is -2.21. The first-order chi connectivity index (χ1) is 14.2. The van der Waals surface area contributed by atoms with Gasteiger partial charge in [0, 0.05) is 17.1 Å². The first-order valence-electron chi connectivity index (χ1n) is 9.27. The molecule has 0 unspecified atom stereocenters. The van der Waals surface area contributed by atoms with Crippen molar-refractivity contribution < 1.29 is 4.39 Å². The molecule has 5 aromatic rings. The van der Waals surface area contributed by atoms with E-state index >= 15 is 0 Å². The molecule has 0 saturated carbocycles. The summed E-state index contributed by atoms with van der Waals surface area (Å²) in [5.41, 5.74) is 4.19. The molecule has 0 aliphatic rings. The predicted octanol–water partition coefficient (Wildman–Crippen LogP) is 4.80. The van der Waals surface area contributed by atoms with Gasteiger partial charge in [0.25, 0.3) is 5.56 Å². The molecule has 5 heteroatoms. The lowest BCUT2D eigenvalue weighted by Gasteiger charge is -2.11. The Hall–Kier alpha value is -3.86. The maximum atomic E-state index is 14.9. The zero-order chi connectivity index (χ0) is 19.8. The second-order valence-electron chi connectivity index (χ2n) is 6.89. The zero-order valence-electron chi connectivity index (χ0n) is 15.4. The molecular weight excluding hydrogens is 365 g/mol. The van der Waals surface area contributed by atoms with E-state index in [4.69, 9.17) is 0 Å². The summed E-state index contributed by atoms with van der Waals surface area (Å²) >= 11 is 0. The molecular formula is C24H16FN3O. The smallest absolute Gasteiger partial charge is 0.269 e. The van der Waals surface area contributed by atoms with Gasteiger partial charge >= 0.3 is 0 Å². The van der Waals surface area contributed by atoms with Gasteiger partial charge in [0.15, 0.2) is 0 Å². The van der Waals surface area contributed by atoms with Crippen molar-refractivity contribution >= 4 is 21.9 Å². The number of hydrogen-bond donors (Lipinski definition) is 0. The van der Waals surface area contributed by atoms with E-state index in [2.05, 4.69) is 9.97 Å². The number of nitrogens with zero attached hydrogens (tertiary/aromatic N) is 3. The van der Waals surface area contributed by atoms with E-state index in [1.54, 1.807) is 16.8 Å². The average molecular weight is 381 g/mol. The summed E-state index contributed by atoms with van der Waals surface area (Å²) in [6.45, 7) is 0.148. The van der Waals surface area contributed by atoms with E-state index in [1.807, 2.05) is 60.7 Å². The molecule has 5 rings (SSSR count). The lowest BCUT2D eigenvalue weighted by molar-refractivity contribution is 0.599. The summed E-state index contributed by atoms with van der Waals surface area (Å²) in [6, 6.07) is 22.2. The Morgan fingerprint density at radius 1 is 0.828 bits per heavy atom. The molecule has 0 aliphatic heterocycles. The molecule has 0 spiro atoms. The molecule has 4 nitrogen and oxygen atoms in total. The van der Waals surface area contributed by atoms with Crippen molar-refractivity contribution in [3.63, 3.8) is 0 Å². The quantitative estimate of drug-likeness (QED) is 0.451. The highest BCUT2D eigenvalue weighted by Crippen LogP contribution is 2.25. The van der Waals surface area contributed by atoms with Gasteiger partial charge in [0.2, 0.25) is 0 Å². The SMILES string of the molecule is O=c1cnc2ccccc2n1Cc1ccc(-c2ccc3ncccc3c2)cc1F. The number of hydrogen-bond acceptors (Lipinski definition) is 3. The number of benzene rings is 3. The van der Waals surface area contributed by atoms with Crippen LogP contribution in [-0.2, 0) is 6.54 Å². The molecule has 0 amide bonds. The Balaban J connectivity index is 1.53. The summed E-state index contributed by atoms with van der Waals surface area (Å²) in [5, 5.41) is 1.00. The van der Waals surface area contributed by atoms with Crippen LogP contribution >= 0.6 is 0 Å². The van der Waals surface area contributed by atoms with Gasteiger partial charge < -0.3 is 4.57 Å². The largest absolute Gasteiger partial charge is 0.301 e. The maximum Gasteiger partial charge on any atom is 0.269 e. The predicted molar refractivity (Wildman–Crippen MR) is 112 cm³/mol. The molecule has 0 bridgehead atoms. The standard InChI is InChI=1S/C24H16FN3O/c25-20-13-17(16-9-10-21-18(12-16)4-3-11-26-21)7-8-19(20)15-28-23-6-2-1-5-22(23)27-14-24(28)29/h1-14H,15H2. The van der Waals surface area contributed by atoms with Crippen molar-refractivity contribution in [2.24, 2.45) is 0 Å². The molecule has 2 heterocycles. The minimum absolute atomic E-state index is 0.148. The number of rotatable bonds is 3. The van der Waals surface area contributed by atoms with Crippen LogP contribution in [0.25, 0.3) is 33.1 Å².